The molecule has 1 aromatic rings. The molecule has 2 aliphatic heterocycles. The minimum absolute atomic E-state index is 0.0892. The zero-order chi connectivity index (χ0) is 21.6. The van der Waals surface area contributed by atoms with Gasteiger partial charge in [0.15, 0.2) is 0 Å². The summed E-state index contributed by atoms with van der Waals surface area (Å²) in [7, 11) is 1.04. The summed E-state index contributed by atoms with van der Waals surface area (Å²) in [6.45, 7) is 7.42. The minimum atomic E-state index is -1.46. The Morgan fingerprint density at radius 3 is 2.34 bits per heavy atom. The average Bonchev–Trinajstić information content (AvgIpc) is 3.10. The molecule has 2 fully saturated rings. The van der Waals surface area contributed by atoms with E-state index in [1.807, 2.05) is 33.8 Å². The van der Waals surface area contributed by atoms with Crippen molar-refractivity contribution in [3.05, 3.63) is 23.8 Å². The molecule has 0 aliphatic carbocycles. The predicted octanol–water partition coefficient (Wildman–Crippen LogP) is 1.46. The van der Waals surface area contributed by atoms with Crippen molar-refractivity contribution in [1.29, 1.82) is 0 Å². The van der Waals surface area contributed by atoms with Crippen molar-refractivity contribution in [2.24, 2.45) is 0 Å². The van der Waals surface area contributed by atoms with Gasteiger partial charge in [-0.15, -0.1) is 0 Å². The molecule has 2 aliphatic rings. The van der Waals surface area contributed by atoms with Crippen molar-refractivity contribution in [1.82, 2.24) is 10.2 Å². The summed E-state index contributed by atoms with van der Waals surface area (Å²) in [6, 6.07) is 4.30. The number of anilines is 1. The third-order valence-corrected chi connectivity index (χ3v) is 5.92. The molecule has 10 heteroatoms. The average molecular weight is 407 g/mol. The van der Waals surface area contributed by atoms with E-state index in [9.17, 15) is 14.0 Å². The molecule has 0 saturated carbocycles. The van der Waals surface area contributed by atoms with Gasteiger partial charge in [-0.05, 0) is 45.3 Å². The van der Waals surface area contributed by atoms with Gasteiger partial charge in [0.2, 0.25) is 0 Å². The number of amides is 2. The number of likely N-dealkylation sites (tertiary alicyclic amines) is 1. The lowest BCUT2D eigenvalue weighted by atomic mass is 9.78. The Morgan fingerprint density at radius 2 is 1.83 bits per heavy atom. The van der Waals surface area contributed by atoms with Crippen molar-refractivity contribution in [2.75, 3.05) is 25.5 Å². The van der Waals surface area contributed by atoms with E-state index in [-0.39, 0.29) is 13.1 Å². The van der Waals surface area contributed by atoms with E-state index >= 15 is 0 Å². The number of carboxylic acid groups (broad SMARTS) is 1. The second kappa shape index (κ2) is 7.49. The summed E-state index contributed by atoms with van der Waals surface area (Å²) in [4.78, 5) is 24.9. The van der Waals surface area contributed by atoms with Gasteiger partial charge in [0.25, 0.3) is 5.91 Å². The van der Waals surface area contributed by atoms with Crippen LogP contribution in [-0.4, -0.2) is 72.7 Å². The number of carbonyl (C=O) groups excluding carboxylic acids is 1. The second-order valence-corrected chi connectivity index (χ2v) is 8.43. The van der Waals surface area contributed by atoms with E-state index in [2.05, 4.69) is 10.6 Å². The highest BCUT2D eigenvalue weighted by molar-refractivity contribution is 6.62. The van der Waals surface area contributed by atoms with Gasteiger partial charge in [-0.3, -0.25) is 4.79 Å². The van der Waals surface area contributed by atoms with Crippen LogP contribution in [0.3, 0.4) is 0 Å². The number of alkyl halides is 1. The van der Waals surface area contributed by atoms with Crippen LogP contribution in [0.1, 0.15) is 38.1 Å². The summed E-state index contributed by atoms with van der Waals surface area (Å²) < 4.78 is 26.3. The van der Waals surface area contributed by atoms with Gasteiger partial charge < -0.3 is 29.9 Å². The fourth-order valence-electron chi connectivity index (χ4n) is 3.40. The Bertz CT molecular complexity index is 803. The summed E-state index contributed by atoms with van der Waals surface area (Å²) >= 11 is 0. The van der Waals surface area contributed by atoms with Crippen LogP contribution in [-0.2, 0) is 9.31 Å². The van der Waals surface area contributed by atoms with E-state index < -0.39 is 42.5 Å². The van der Waals surface area contributed by atoms with Crippen LogP contribution < -0.4 is 16.1 Å². The van der Waals surface area contributed by atoms with Crippen molar-refractivity contribution in [3.63, 3.8) is 0 Å². The fraction of sp³-hybridized carbons (Fsp3) is 0.579. The van der Waals surface area contributed by atoms with Gasteiger partial charge in [-0.1, -0.05) is 6.07 Å². The molecule has 0 unspecified atom stereocenters. The number of nitrogens with zero attached hydrogens (tertiary/aromatic N) is 1. The molecule has 2 heterocycles. The third-order valence-electron chi connectivity index (χ3n) is 5.92. The monoisotopic (exact) mass is 407 g/mol. The summed E-state index contributed by atoms with van der Waals surface area (Å²) in [5, 5.41) is 14.6. The van der Waals surface area contributed by atoms with E-state index in [0.717, 1.165) is 4.90 Å². The lowest BCUT2D eigenvalue weighted by Crippen LogP contribution is -2.42. The number of halogens is 1. The lowest BCUT2D eigenvalue weighted by Gasteiger charge is -2.32. The maximum atomic E-state index is 14.2. The number of carbonyl (C=O) groups is 2. The Kier molecular flexibility index (Phi) is 5.53. The summed E-state index contributed by atoms with van der Waals surface area (Å²) in [5.74, 6) is -0.493. The van der Waals surface area contributed by atoms with Crippen LogP contribution in [0.2, 0.25) is 0 Å². The molecular formula is C19H27BFN3O5. The maximum Gasteiger partial charge on any atom is 0.494 e. The Morgan fingerprint density at radius 1 is 1.21 bits per heavy atom. The SMILES string of the molecule is CNc1ccc(B2OC(C)(C)C(C)(C)O2)cc1C(=O)N[C@@H]1CN(C(=O)O)C[C@@H]1F. The quantitative estimate of drug-likeness (QED) is 0.654. The van der Waals surface area contributed by atoms with Crippen molar-refractivity contribution < 1.29 is 28.4 Å². The van der Waals surface area contributed by atoms with Crippen LogP contribution in [0.15, 0.2) is 18.2 Å². The Labute approximate surface area is 169 Å². The highest BCUT2D eigenvalue weighted by atomic mass is 19.1. The van der Waals surface area contributed by atoms with E-state index in [0.29, 0.717) is 16.7 Å². The van der Waals surface area contributed by atoms with Gasteiger partial charge in [0, 0.05) is 19.3 Å². The standard InChI is InChI=1S/C19H27BFN3O5/c1-18(2)19(3,4)29-20(28-18)11-6-7-14(22-5)12(8-11)16(25)23-15-10-24(17(26)27)9-13(15)21/h6-8,13,15,22H,9-10H2,1-5H3,(H,23,25)(H,26,27)/t13-,15+/m0/s1. The number of nitrogens with one attached hydrogen (secondary N) is 2. The highest BCUT2D eigenvalue weighted by Gasteiger charge is 2.51. The van der Waals surface area contributed by atoms with Crippen LogP contribution in [0, 0.1) is 0 Å². The molecule has 2 saturated heterocycles. The van der Waals surface area contributed by atoms with Crippen LogP contribution in [0.25, 0.3) is 0 Å². The van der Waals surface area contributed by atoms with Crippen LogP contribution in [0.5, 0.6) is 0 Å². The number of hydrogen-bond donors (Lipinski definition) is 3. The first-order chi connectivity index (χ1) is 13.4. The molecule has 3 N–H and O–H groups in total. The Balaban J connectivity index is 1.81. The Hall–Kier alpha value is -2.33. The van der Waals surface area contributed by atoms with Gasteiger partial charge in [0.1, 0.15) is 6.17 Å². The maximum absolute atomic E-state index is 14.2. The number of rotatable bonds is 4. The molecule has 8 nitrogen and oxygen atoms in total. The molecule has 2 amide bonds. The third kappa shape index (κ3) is 4.04. The van der Waals surface area contributed by atoms with Crippen molar-refractivity contribution >= 4 is 30.3 Å². The highest BCUT2D eigenvalue weighted by Crippen LogP contribution is 2.36. The molecule has 158 valence electrons. The normalized spacial score (nSPS) is 25.2. The van der Waals surface area contributed by atoms with Gasteiger partial charge in [0.05, 0.1) is 29.4 Å². The molecule has 0 radical (unpaired) electrons. The molecule has 0 bridgehead atoms. The first-order valence-electron chi connectivity index (χ1n) is 9.55. The molecule has 3 rings (SSSR count). The van der Waals surface area contributed by atoms with Crippen LogP contribution in [0.4, 0.5) is 14.9 Å². The van der Waals surface area contributed by atoms with E-state index in [1.165, 1.54) is 0 Å². The predicted molar refractivity (Wildman–Crippen MR) is 107 cm³/mol. The molecule has 0 spiro atoms. The van der Waals surface area contributed by atoms with Crippen molar-refractivity contribution in [3.8, 4) is 0 Å². The summed E-state index contributed by atoms with van der Waals surface area (Å²) in [6.07, 6.45) is -2.66. The van der Waals surface area contributed by atoms with Gasteiger partial charge in [-0.25, -0.2) is 9.18 Å². The molecular weight excluding hydrogens is 380 g/mol. The zero-order valence-electron chi connectivity index (χ0n) is 17.3. The number of hydrogen-bond acceptors (Lipinski definition) is 5. The topological polar surface area (TPSA) is 100 Å². The first-order valence-corrected chi connectivity index (χ1v) is 9.55. The minimum Gasteiger partial charge on any atom is -0.465 e. The van der Waals surface area contributed by atoms with Gasteiger partial charge in [-0.2, -0.15) is 0 Å². The summed E-state index contributed by atoms with van der Waals surface area (Å²) in [5.41, 5.74) is 0.496. The molecule has 2 atom stereocenters. The van der Waals surface area contributed by atoms with Crippen LogP contribution >= 0.6 is 0 Å². The van der Waals surface area contributed by atoms with Crippen molar-refractivity contribution in [2.45, 2.75) is 51.1 Å². The van der Waals surface area contributed by atoms with Gasteiger partial charge >= 0.3 is 13.2 Å². The van der Waals surface area contributed by atoms with E-state index in [4.69, 9.17) is 14.4 Å². The molecule has 0 aromatic heterocycles. The lowest BCUT2D eigenvalue weighted by molar-refractivity contribution is 0.00578. The largest absolute Gasteiger partial charge is 0.494 e. The zero-order valence-corrected chi connectivity index (χ0v) is 17.3. The second-order valence-electron chi connectivity index (χ2n) is 8.43. The molecule has 1 aromatic carbocycles. The van der Waals surface area contributed by atoms with E-state index in [1.54, 1.807) is 19.2 Å². The molecule has 29 heavy (non-hydrogen) atoms. The first kappa shape index (κ1) is 21.4. The number of benzene rings is 1. The smallest absolute Gasteiger partial charge is 0.465 e. The fourth-order valence-corrected chi connectivity index (χ4v) is 3.40.